The Morgan fingerprint density at radius 1 is 1.30 bits per heavy atom. The average Bonchev–Trinajstić information content (AvgIpc) is 2.61. The molecule has 27 heavy (non-hydrogen) atoms. The smallest absolute Gasteiger partial charge is 0.335 e. The monoisotopic (exact) mass is 392 g/mol. The van der Waals surface area contributed by atoms with Crippen LogP contribution in [0.2, 0.25) is 5.02 Å². The normalized spacial score (nSPS) is 15.7. The van der Waals surface area contributed by atoms with Crippen LogP contribution in [0.1, 0.15) is 17.3 Å². The Balaban J connectivity index is 1.83. The molecular formula is C18H14ClFN2O5. The lowest BCUT2D eigenvalue weighted by Crippen LogP contribution is -2.47. The summed E-state index contributed by atoms with van der Waals surface area (Å²) in [6.07, 6.45) is -0.880. The van der Waals surface area contributed by atoms with Crippen LogP contribution in [0.4, 0.5) is 15.8 Å². The van der Waals surface area contributed by atoms with Crippen molar-refractivity contribution in [1.82, 2.24) is 0 Å². The van der Waals surface area contributed by atoms with Crippen LogP contribution in [-0.2, 0) is 9.59 Å². The van der Waals surface area contributed by atoms with E-state index in [4.69, 9.17) is 21.4 Å². The zero-order valence-corrected chi connectivity index (χ0v) is 14.8. The predicted octanol–water partition coefficient (Wildman–Crippen LogP) is 2.93. The van der Waals surface area contributed by atoms with Crippen LogP contribution in [0.15, 0.2) is 36.4 Å². The van der Waals surface area contributed by atoms with Gasteiger partial charge >= 0.3 is 5.97 Å². The van der Waals surface area contributed by atoms with E-state index in [1.165, 1.54) is 42.2 Å². The Morgan fingerprint density at radius 2 is 2.04 bits per heavy atom. The molecule has 1 unspecified atom stereocenters. The van der Waals surface area contributed by atoms with Gasteiger partial charge in [0.1, 0.15) is 18.1 Å². The maximum Gasteiger partial charge on any atom is 0.335 e. The van der Waals surface area contributed by atoms with E-state index in [0.717, 1.165) is 6.07 Å². The number of hydrogen-bond acceptors (Lipinski definition) is 4. The molecule has 0 bridgehead atoms. The van der Waals surface area contributed by atoms with E-state index in [9.17, 15) is 18.8 Å². The number of carboxylic acid groups (broad SMARTS) is 1. The van der Waals surface area contributed by atoms with Crippen molar-refractivity contribution in [3.05, 3.63) is 52.8 Å². The first-order chi connectivity index (χ1) is 12.8. The van der Waals surface area contributed by atoms with E-state index in [-0.39, 0.29) is 34.3 Å². The topological polar surface area (TPSA) is 95.9 Å². The zero-order valence-electron chi connectivity index (χ0n) is 14.0. The number of carbonyl (C=O) groups excluding carboxylic acids is 2. The summed E-state index contributed by atoms with van der Waals surface area (Å²) < 4.78 is 18.7. The van der Waals surface area contributed by atoms with Gasteiger partial charge in [0, 0.05) is 5.69 Å². The highest BCUT2D eigenvalue weighted by atomic mass is 35.5. The molecule has 2 amide bonds. The Labute approximate surface area is 158 Å². The molecule has 0 aliphatic carbocycles. The molecule has 2 aromatic rings. The quantitative estimate of drug-likeness (QED) is 0.834. The number of anilines is 2. The standard InChI is InChI=1S/C18H14ClFN2O5/c1-9-17(24)22(14-5-2-10(18(25)26)6-15(14)27-9)8-16(23)21-11-3-4-13(20)12(19)7-11/h2-7,9H,8H2,1H3,(H,21,23)(H,25,26). The largest absolute Gasteiger partial charge is 0.479 e. The molecule has 1 atom stereocenters. The molecule has 3 rings (SSSR count). The highest BCUT2D eigenvalue weighted by Crippen LogP contribution is 2.35. The molecule has 0 radical (unpaired) electrons. The maximum absolute atomic E-state index is 13.2. The van der Waals surface area contributed by atoms with Crippen molar-refractivity contribution in [2.45, 2.75) is 13.0 Å². The van der Waals surface area contributed by atoms with Gasteiger partial charge in [-0.1, -0.05) is 11.6 Å². The molecule has 2 N–H and O–H groups in total. The lowest BCUT2D eigenvalue weighted by Gasteiger charge is -2.32. The molecule has 140 valence electrons. The number of ether oxygens (including phenoxy) is 1. The van der Waals surface area contributed by atoms with Gasteiger partial charge in [-0.3, -0.25) is 14.5 Å². The number of nitrogens with one attached hydrogen (secondary N) is 1. The van der Waals surface area contributed by atoms with Crippen LogP contribution < -0.4 is 15.0 Å². The number of amides is 2. The number of halogens is 2. The Kier molecular flexibility index (Phi) is 5.00. The van der Waals surface area contributed by atoms with Crippen molar-refractivity contribution in [1.29, 1.82) is 0 Å². The fourth-order valence-corrected chi connectivity index (χ4v) is 2.81. The minimum atomic E-state index is -1.14. The van der Waals surface area contributed by atoms with Crippen molar-refractivity contribution < 1.29 is 28.6 Å². The molecule has 9 heteroatoms. The first-order valence-electron chi connectivity index (χ1n) is 7.86. The summed E-state index contributed by atoms with van der Waals surface area (Å²) >= 11 is 5.68. The second-order valence-corrected chi connectivity index (χ2v) is 6.26. The SMILES string of the molecule is CC1Oc2cc(C(=O)O)ccc2N(CC(=O)Nc2ccc(F)c(Cl)c2)C1=O. The van der Waals surface area contributed by atoms with Gasteiger partial charge in [-0.2, -0.15) is 0 Å². The van der Waals surface area contributed by atoms with E-state index < -0.39 is 29.7 Å². The highest BCUT2D eigenvalue weighted by Gasteiger charge is 2.33. The van der Waals surface area contributed by atoms with E-state index >= 15 is 0 Å². The summed E-state index contributed by atoms with van der Waals surface area (Å²) in [5.74, 6) is -2.54. The number of fused-ring (bicyclic) bond motifs is 1. The van der Waals surface area contributed by atoms with Gasteiger partial charge in [0.15, 0.2) is 6.10 Å². The minimum absolute atomic E-state index is 0.000606. The molecule has 2 aromatic carbocycles. The summed E-state index contributed by atoms with van der Waals surface area (Å²) in [5, 5.41) is 11.5. The van der Waals surface area contributed by atoms with Crippen LogP contribution in [0.3, 0.4) is 0 Å². The van der Waals surface area contributed by atoms with Gasteiger partial charge < -0.3 is 15.2 Å². The maximum atomic E-state index is 13.2. The summed E-state index contributed by atoms with van der Waals surface area (Å²) in [6.45, 7) is 1.17. The third-order valence-corrected chi connectivity index (χ3v) is 4.21. The summed E-state index contributed by atoms with van der Waals surface area (Å²) in [5.41, 5.74) is 0.567. The van der Waals surface area contributed by atoms with Crippen molar-refractivity contribution >= 4 is 40.8 Å². The number of benzene rings is 2. The number of carbonyl (C=O) groups is 3. The zero-order chi connectivity index (χ0) is 19.7. The van der Waals surface area contributed by atoms with E-state index in [2.05, 4.69) is 5.32 Å². The van der Waals surface area contributed by atoms with Gasteiger partial charge in [0.25, 0.3) is 5.91 Å². The molecular weight excluding hydrogens is 379 g/mol. The highest BCUT2D eigenvalue weighted by molar-refractivity contribution is 6.31. The molecule has 0 saturated heterocycles. The molecule has 1 heterocycles. The molecule has 0 spiro atoms. The number of nitrogens with zero attached hydrogens (tertiary/aromatic N) is 1. The van der Waals surface area contributed by atoms with Crippen molar-refractivity contribution in [2.75, 3.05) is 16.8 Å². The third kappa shape index (κ3) is 3.85. The molecule has 0 fully saturated rings. The average molecular weight is 393 g/mol. The van der Waals surface area contributed by atoms with E-state index in [0.29, 0.717) is 0 Å². The van der Waals surface area contributed by atoms with Crippen LogP contribution in [0.25, 0.3) is 0 Å². The number of carboxylic acids is 1. The molecule has 7 nitrogen and oxygen atoms in total. The molecule has 1 aliphatic heterocycles. The first-order valence-corrected chi connectivity index (χ1v) is 8.24. The number of hydrogen-bond donors (Lipinski definition) is 2. The predicted molar refractivity (Wildman–Crippen MR) is 95.9 cm³/mol. The Hall–Kier alpha value is -3.13. The van der Waals surface area contributed by atoms with Crippen molar-refractivity contribution in [2.24, 2.45) is 0 Å². The van der Waals surface area contributed by atoms with Crippen LogP contribution >= 0.6 is 11.6 Å². The first kappa shape index (κ1) is 18.7. The third-order valence-electron chi connectivity index (χ3n) is 3.92. The van der Waals surface area contributed by atoms with Crippen LogP contribution in [-0.4, -0.2) is 35.5 Å². The lowest BCUT2D eigenvalue weighted by atomic mass is 10.1. The fraction of sp³-hybridized carbons (Fsp3) is 0.167. The van der Waals surface area contributed by atoms with Gasteiger partial charge in [-0.15, -0.1) is 0 Å². The van der Waals surface area contributed by atoms with Gasteiger partial charge in [-0.05, 0) is 43.3 Å². The van der Waals surface area contributed by atoms with Crippen molar-refractivity contribution in [3.63, 3.8) is 0 Å². The number of rotatable bonds is 4. The summed E-state index contributed by atoms with van der Waals surface area (Å²) in [4.78, 5) is 37.1. The second kappa shape index (κ2) is 7.24. The Bertz CT molecular complexity index is 949. The molecule has 0 saturated carbocycles. The van der Waals surface area contributed by atoms with E-state index in [1.807, 2.05) is 0 Å². The molecule has 1 aliphatic rings. The minimum Gasteiger partial charge on any atom is -0.479 e. The van der Waals surface area contributed by atoms with Gasteiger partial charge in [-0.25, -0.2) is 9.18 Å². The summed E-state index contributed by atoms with van der Waals surface area (Å²) in [6, 6.07) is 7.73. The summed E-state index contributed by atoms with van der Waals surface area (Å²) in [7, 11) is 0. The Morgan fingerprint density at radius 3 is 2.70 bits per heavy atom. The lowest BCUT2D eigenvalue weighted by molar-refractivity contribution is -0.127. The number of aromatic carboxylic acids is 1. The second-order valence-electron chi connectivity index (χ2n) is 5.85. The van der Waals surface area contributed by atoms with Crippen molar-refractivity contribution in [3.8, 4) is 5.75 Å². The van der Waals surface area contributed by atoms with Gasteiger partial charge in [0.2, 0.25) is 5.91 Å². The van der Waals surface area contributed by atoms with Crippen LogP contribution in [0, 0.1) is 5.82 Å². The van der Waals surface area contributed by atoms with Crippen LogP contribution in [0.5, 0.6) is 5.75 Å². The van der Waals surface area contributed by atoms with Gasteiger partial charge in [0.05, 0.1) is 16.3 Å². The van der Waals surface area contributed by atoms with E-state index in [1.54, 1.807) is 0 Å². The fourth-order valence-electron chi connectivity index (χ4n) is 2.62. The molecule has 0 aromatic heterocycles.